The molecule has 0 fully saturated rings. The van der Waals surface area contributed by atoms with Crippen LogP contribution in [0.4, 0.5) is 5.69 Å². The molecule has 0 unspecified atom stereocenters. The van der Waals surface area contributed by atoms with Crippen molar-refractivity contribution in [3.8, 4) is 0 Å². The number of sulfonamides is 1. The van der Waals surface area contributed by atoms with Crippen molar-refractivity contribution >= 4 is 27.3 Å². The van der Waals surface area contributed by atoms with Crippen LogP contribution in [0.15, 0.2) is 53.4 Å². The molecule has 0 aromatic heterocycles. The third-order valence-corrected chi connectivity index (χ3v) is 4.77. The summed E-state index contributed by atoms with van der Waals surface area (Å²) in [6, 6.07) is 13.7. The molecule has 106 valence electrons. The Balaban J connectivity index is 2.00. The number of nitrogen functional groups attached to an aromatic ring is 1. The summed E-state index contributed by atoms with van der Waals surface area (Å²) in [5.41, 5.74) is 7.29. The van der Waals surface area contributed by atoms with Crippen molar-refractivity contribution in [1.29, 1.82) is 0 Å². The maximum atomic E-state index is 12.1. The van der Waals surface area contributed by atoms with Crippen LogP contribution in [0.25, 0.3) is 0 Å². The Morgan fingerprint density at radius 3 is 2.35 bits per heavy atom. The standard InChI is InChI=1S/C14H15ClN2O2S/c15-13-3-1-2-4-14(13)20(18,19)17-10-9-11-5-7-12(16)8-6-11/h1-8,17H,9-10,16H2. The molecule has 2 rings (SSSR count). The van der Waals surface area contributed by atoms with Crippen LogP contribution >= 0.6 is 11.6 Å². The van der Waals surface area contributed by atoms with E-state index in [-0.39, 0.29) is 9.92 Å². The summed E-state index contributed by atoms with van der Waals surface area (Å²) in [6.45, 7) is 0.303. The summed E-state index contributed by atoms with van der Waals surface area (Å²) in [6.07, 6.45) is 0.587. The maximum absolute atomic E-state index is 12.1. The minimum Gasteiger partial charge on any atom is -0.399 e. The number of nitrogens with two attached hydrogens (primary N) is 1. The number of hydrogen-bond donors (Lipinski definition) is 2. The van der Waals surface area contributed by atoms with E-state index >= 15 is 0 Å². The summed E-state index contributed by atoms with van der Waals surface area (Å²) >= 11 is 5.89. The first-order chi connectivity index (χ1) is 9.49. The molecule has 0 aliphatic heterocycles. The van der Waals surface area contributed by atoms with Crippen LogP contribution in [0, 0.1) is 0 Å². The molecule has 0 amide bonds. The van der Waals surface area contributed by atoms with Gasteiger partial charge in [-0.3, -0.25) is 0 Å². The second-order valence-corrected chi connectivity index (χ2v) is 6.46. The third-order valence-electron chi connectivity index (χ3n) is 2.81. The molecule has 20 heavy (non-hydrogen) atoms. The molecule has 0 saturated carbocycles. The van der Waals surface area contributed by atoms with Crippen molar-refractivity contribution in [2.75, 3.05) is 12.3 Å². The molecule has 0 spiro atoms. The van der Waals surface area contributed by atoms with E-state index in [1.807, 2.05) is 12.1 Å². The first-order valence-corrected chi connectivity index (χ1v) is 7.94. The Morgan fingerprint density at radius 1 is 1.05 bits per heavy atom. The lowest BCUT2D eigenvalue weighted by molar-refractivity contribution is 0.581. The van der Waals surface area contributed by atoms with Gasteiger partial charge in [0.1, 0.15) is 4.90 Å². The lowest BCUT2D eigenvalue weighted by Gasteiger charge is -2.08. The SMILES string of the molecule is Nc1ccc(CCNS(=O)(=O)c2ccccc2Cl)cc1. The second-order valence-electron chi connectivity index (χ2n) is 4.32. The first kappa shape index (κ1) is 14.8. The number of rotatable bonds is 5. The third kappa shape index (κ3) is 3.72. The molecule has 0 radical (unpaired) electrons. The van der Waals surface area contributed by atoms with E-state index in [9.17, 15) is 8.42 Å². The van der Waals surface area contributed by atoms with Crippen LogP contribution in [-0.4, -0.2) is 15.0 Å². The van der Waals surface area contributed by atoms with E-state index in [0.717, 1.165) is 5.56 Å². The first-order valence-electron chi connectivity index (χ1n) is 6.08. The van der Waals surface area contributed by atoms with E-state index in [4.69, 9.17) is 17.3 Å². The fourth-order valence-electron chi connectivity index (χ4n) is 1.75. The van der Waals surface area contributed by atoms with Gasteiger partial charge in [-0.15, -0.1) is 0 Å². The smallest absolute Gasteiger partial charge is 0.242 e. The average molecular weight is 311 g/mol. The fourth-order valence-corrected chi connectivity index (χ4v) is 3.30. The summed E-state index contributed by atoms with van der Waals surface area (Å²) in [5, 5.41) is 0.215. The predicted molar refractivity (Wildman–Crippen MR) is 81.2 cm³/mol. The zero-order chi connectivity index (χ0) is 14.6. The van der Waals surface area contributed by atoms with Crippen molar-refractivity contribution in [2.24, 2.45) is 0 Å². The van der Waals surface area contributed by atoms with Crippen LogP contribution in [0.3, 0.4) is 0 Å². The van der Waals surface area contributed by atoms with E-state index in [1.165, 1.54) is 6.07 Å². The van der Waals surface area contributed by atoms with Gasteiger partial charge in [0, 0.05) is 12.2 Å². The lowest BCUT2D eigenvalue weighted by Crippen LogP contribution is -2.26. The number of hydrogen-bond acceptors (Lipinski definition) is 3. The molecule has 4 nitrogen and oxygen atoms in total. The topological polar surface area (TPSA) is 72.2 Å². The molecule has 0 aliphatic rings. The van der Waals surface area contributed by atoms with Crippen LogP contribution in [-0.2, 0) is 16.4 Å². The number of halogens is 1. The van der Waals surface area contributed by atoms with Crippen LogP contribution < -0.4 is 10.5 Å². The molecule has 6 heteroatoms. The summed E-state index contributed by atoms with van der Waals surface area (Å²) in [4.78, 5) is 0.0963. The van der Waals surface area contributed by atoms with Crippen molar-refractivity contribution in [3.05, 3.63) is 59.1 Å². The fraction of sp³-hybridized carbons (Fsp3) is 0.143. The van der Waals surface area contributed by atoms with Crippen LogP contribution in [0.5, 0.6) is 0 Å². The van der Waals surface area contributed by atoms with Gasteiger partial charge in [-0.1, -0.05) is 35.9 Å². The van der Waals surface area contributed by atoms with Gasteiger partial charge in [0.05, 0.1) is 5.02 Å². The van der Waals surface area contributed by atoms with Gasteiger partial charge in [-0.2, -0.15) is 0 Å². The predicted octanol–water partition coefficient (Wildman–Crippen LogP) is 2.44. The molecular formula is C14H15ClN2O2S. The zero-order valence-corrected chi connectivity index (χ0v) is 12.3. The molecule has 3 N–H and O–H groups in total. The molecular weight excluding hydrogens is 296 g/mol. The zero-order valence-electron chi connectivity index (χ0n) is 10.7. The molecule has 0 saturated heterocycles. The highest BCUT2D eigenvalue weighted by Crippen LogP contribution is 2.20. The van der Waals surface area contributed by atoms with Gasteiger partial charge in [-0.05, 0) is 36.2 Å². The van der Waals surface area contributed by atoms with E-state index < -0.39 is 10.0 Å². The summed E-state index contributed by atoms with van der Waals surface area (Å²) < 4.78 is 26.7. The highest BCUT2D eigenvalue weighted by molar-refractivity contribution is 7.89. The largest absolute Gasteiger partial charge is 0.399 e. The minimum atomic E-state index is -3.58. The monoisotopic (exact) mass is 310 g/mol. The van der Waals surface area contributed by atoms with Gasteiger partial charge < -0.3 is 5.73 Å². The van der Waals surface area contributed by atoms with Gasteiger partial charge in [0.25, 0.3) is 0 Å². The molecule has 0 aliphatic carbocycles. The quantitative estimate of drug-likeness (QED) is 0.833. The highest BCUT2D eigenvalue weighted by atomic mass is 35.5. The summed E-state index contributed by atoms with van der Waals surface area (Å²) in [7, 11) is -3.58. The van der Waals surface area contributed by atoms with E-state index in [2.05, 4.69) is 4.72 Å². The molecule has 0 atom stereocenters. The molecule has 0 heterocycles. The van der Waals surface area contributed by atoms with Gasteiger partial charge in [-0.25, -0.2) is 13.1 Å². The van der Waals surface area contributed by atoms with Crippen molar-refractivity contribution < 1.29 is 8.42 Å². The number of anilines is 1. The van der Waals surface area contributed by atoms with Crippen molar-refractivity contribution in [2.45, 2.75) is 11.3 Å². The van der Waals surface area contributed by atoms with Crippen LogP contribution in [0.1, 0.15) is 5.56 Å². The normalized spacial score (nSPS) is 11.4. The Kier molecular flexibility index (Phi) is 4.65. The second kappa shape index (κ2) is 6.26. The highest BCUT2D eigenvalue weighted by Gasteiger charge is 2.16. The van der Waals surface area contributed by atoms with Crippen molar-refractivity contribution in [3.63, 3.8) is 0 Å². The van der Waals surface area contributed by atoms with Gasteiger partial charge >= 0.3 is 0 Å². The van der Waals surface area contributed by atoms with Gasteiger partial charge in [0.15, 0.2) is 0 Å². The Morgan fingerprint density at radius 2 is 1.70 bits per heavy atom. The Bertz CT molecular complexity index is 685. The maximum Gasteiger partial charge on any atom is 0.242 e. The summed E-state index contributed by atoms with van der Waals surface area (Å²) in [5.74, 6) is 0. The van der Waals surface area contributed by atoms with Crippen LogP contribution in [0.2, 0.25) is 5.02 Å². The van der Waals surface area contributed by atoms with Gasteiger partial charge in [0.2, 0.25) is 10.0 Å². The Labute approximate surface area is 123 Å². The lowest BCUT2D eigenvalue weighted by atomic mass is 10.1. The Hall–Kier alpha value is -1.56. The molecule has 0 bridgehead atoms. The average Bonchev–Trinajstić information content (AvgIpc) is 2.41. The van der Waals surface area contributed by atoms with E-state index in [1.54, 1.807) is 30.3 Å². The van der Waals surface area contributed by atoms with E-state index in [0.29, 0.717) is 18.7 Å². The molecule has 2 aromatic rings. The molecule has 2 aromatic carbocycles. The number of nitrogens with one attached hydrogen (secondary N) is 1. The minimum absolute atomic E-state index is 0.0963. The number of benzene rings is 2. The van der Waals surface area contributed by atoms with Crippen molar-refractivity contribution in [1.82, 2.24) is 4.72 Å².